The summed E-state index contributed by atoms with van der Waals surface area (Å²) in [7, 11) is 1.56. The standard InChI is InChI=1S/C20H24N2O3/c1-25-19-10-9-17(12-16(19)14-23)21-20(24)18-8-5-11-22(18)13-15-6-3-2-4-7-15/h2-4,6-7,9-10,12,18,23H,5,8,11,13-14H2,1H3,(H,21,24). The maximum Gasteiger partial charge on any atom is 0.241 e. The predicted molar refractivity (Wildman–Crippen MR) is 97.4 cm³/mol. The fourth-order valence-corrected chi connectivity index (χ4v) is 3.34. The number of ether oxygens (including phenoxy) is 1. The van der Waals surface area contributed by atoms with E-state index in [9.17, 15) is 9.90 Å². The van der Waals surface area contributed by atoms with Gasteiger partial charge in [0.1, 0.15) is 5.75 Å². The minimum absolute atomic E-state index is 0.00230. The molecule has 132 valence electrons. The fraction of sp³-hybridized carbons (Fsp3) is 0.350. The molecule has 1 amide bonds. The van der Waals surface area contributed by atoms with E-state index in [2.05, 4.69) is 22.3 Å². The molecule has 1 unspecified atom stereocenters. The van der Waals surface area contributed by atoms with Gasteiger partial charge in [-0.05, 0) is 43.1 Å². The highest BCUT2D eigenvalue weighted by Gasteiger charge is 2.30. The van der Waals surface area contributed by atoms with Gasteiger partial charge in [-0.25, -0.2) is 0 Å². The van der Waals surface area contributed by atoms with E-state index in [1.807, 2.05) is 18.2 Å². The average molecular weight is 340 g/mol. The Morgan fingerprint density at radius 2 is 2.08 bits per heavy atom. The number of methoxy groups -OCH3 is 1. The van der Waals surface area contributed by atoms with E-state index in [-0.39, 0.29) is 18.6 Å². The van der Waals surface area contributed by atoms with Crippen molar-refractivity contribution in [1.82, 2.24) is 4.90 Å². The van der Waals surface area contributed by atoms with Crippen molar-refractivity contribution in [2.24, 2.45) is 0 Å². The lowest BCUT2D eigenvalue weighted by Crippen LogP contribution is -2.39. The highest BCUT2D eigenvalue weighted by Crippen LogP contribution is 2.25. The van der Waals surface area contributed by atoms with E-state index < -0.39 is 0 Å². The molecule has 2 N–H and O–H groups in total. The molecule has 1 atom stereocenters. The molecule has 0 aromatic heterocycles. The number of amides is 1. The summed E-state index contributed by atoms with van der Waals surface area (Å²) in [5.74, 6) is 0.620. The number of anilines is 1. The van der Waals surface area contributed by atoms with Crippen LogP contribution in [0, 0.1) is 0 Å². The molecule has 0 aliphatic carbocycles. The Hall–Kier alpha value is -2.37. The van der Waals surface area contributed by atoms with Crippen molar-refractivity contribution >= 4 is 11.6 Å². The molecule has 0 spiro atoms. The predicted octanol–water partition coefficient (Wildman–Crippen LogP) is 2.79. The molecule has 0 saturated carbocycles. The zero-order valence-corrected chi connectivity index (χ0v) is 14.4. The van der Waals surface area contributed by atoms with Gasteiger partial charge in [0.05, 0.1) is 19.8 Å². The number of nitrogens with one attached hydrogen (secondary N) is 1. The van der Waals surface area contributed by atoms with Crippen LogP contribution in [-0.2, 0) is 17.9 Å². The van der Waals surface area contributed by atoms with Gasteiger partial charge < -0.3 is 15.2 Å². The van der Waals surface area contributed by atoms with E-state index in [0.29, 0.717) is 17.0 Å². The maximum atomic E-state index is 12.7. The minimum atomic E-state index is -0.129. The third-order valence-electron chi connectivity index (χ3n) is 4.61. The van der Waals surface area contributed by atoms with Gasteiger partial charge in [-0.2, -0.15) is 0 Å². The van der Waals surface area contributed by atoms with Crippen molar-refractivity contribution in [3.63, 3.8) is 0 Å². The van der Waals surface area contributed by atoms with Crippen LogP contribution in [-0.4, -0.2) is 35.6 Å². The van der Waals surface area contributed by atoms with Gasteiger partial charge in [0.25, 0.3) is 0 Å². The lowest BCUT2D eigenvalue weighted by atomic mass is 10.1. The molecular formula is C20H24N2O3. The van der Waals surface area contributed by atoms with E-state index in [1.165, 1.54) is 5.56 Å². The van der Waals surface area contributed by atoms with Crippen LogP contribution >= 0.6 is 0 Å². The molecule has 1 fully saturated rings. The van der Waals surface area contributed by atoms with Crippen LogP contribution in [0.1, 0.15) is 24.0 Å². The van der Waals surface area contributed by atoms with Crippen molar-refractivity contribution in [3.05, 3.63) is 59.7 Å². The Morgan fingerprint density at radius 1 is 1.28 bits per heavy atom. The van der Waals surface area contributed by atoms with Gasteiger partial charge in [0.15, 0.2) is 0 Å². The molecule has 3 rings (SSSR count). The lowest BCUT2D eigenvalue weighted by Gasteiger charge is -2.24. The summed E-state index contributed by atoms with van der Waals surface area (Å²) in [6.07, 6.45) is 1.89. The molecule has 2 aromatic rings. The normalized spacial score (nSPS) is 17.4. The second kappa shape index (κ2) is 8.14. The lowest BCUT2D eigenvalue weighted by molar-refractivity contribution is -0.120. The van der Waals surface area contributed by atoms with Crippen molar-refractivity contribution in [2.45, 2.75) is 32.0 Å². The Labute approximate surface area is 148 Å². The molecule has 5 heteroatoms. The number of benzene rings is 2. The number of rotatable bonds is 6. The summed E-state index contributed by atoms with van der Waals surface area (Å²) in [5, 5.41) is 12.4. The second-order valence-corrected chi connectivity index (χ2v) is 6.29. The Balaban J connectivity index is 1.67. The first-order valence-electron chi connectivity index (χ1n) is 8.58. The largest absolute Gasteiger partial charge is 0.496 e. The Bertz CT molecular complexity index is 718. The zero-order chi connectivity index (χ0) is 17.6. The van der Waals surface area contributed by atoms with Crippen LogP contribution in [0.5, 0.6) is 5.75 Å². The van der Waals surface area contributed by atoms with E-state index in [1.54, 1.807) is 25.3 Å². The molecule has 0 bridgehead atoms. The van der Waals surface area contributed by atoms with E-state index in [4.69, 9.17) is 4.74 Å². The molecule has 25 heavy (non-hydrogen) atoms. The molecule has 0 radical (unpaired) electrons. The van der Waals surface area contributed by atoms with Gasteiger partial charge in [0.2, 0.25) is 5.91 Å². The molecule has 5 nitrogen and oxygen atoms in total. The molecule has 2 aromatic carbocycles. The SMILES string of the molecule is COc1ccc(NC(=O)C2CCCN2Cc2ccccc2)cc1CO. The van der Waals surface area contributed by atoms with Crippen molar-refractivity contribution < 1.29 is 14.6 Å². The summed E-state index contributed by atoms with van der Waals surface area (Å²) >= 11 is 0. The highest BCUT2D eigenvalue weighted by atomic mass is 16.5. The fourth-order valence-electron chi connectivity index (χ4n) is 3.34. The second-order valence-electron chi connectivity index (χ2n) is 6.29. The Morgan fingerprint density at radius 3 is 2.80 bits per heavy atom. The quantitative estimate of drug-likeness (QED) is 0.849. The molecule has 1 aliphatic heterocycles. The van der Waals surface area contributed by atoms with Crippen LogP contribution < -0.4 is 10.1 Å². The third-order valence-corrected chi connectivity index (χ3v) is 4.61. The van der Waals surface area contributed by atoms with Crippen LogP contribution in [0.4, 0.5) is 5.69 Å². The van der Waals surface area contributed by atoms with Gasteiger partial charge >= 0.3 is 0 Å². The van der Waals surface area contributed by atoms with Gasteiger partial charge in [-0.3, -0.25) is 9.69 Å². The van der Waals surface area contributed by atoms with Crippen LogP contribution in [0.15, 0.2) is 48.5 Å². The number of nitrogens with zero attached hydrogens (tertiary/aromatic N) is 1. The van der Waals surface area contributed by atoms with Crippen molar-refractivity contribution in [3.8, 4) is 5.75 Å². The number of hydrogen-bond donors (Lipinski definition) is 2. The smallest absolute Gasteiger partial charge is 0.241 e. The number of likely N-dealkylation sites (tertiary alicyclic amines) is 1. The van der Waals surface area contributed by atoms with Crippen molar-refractivity contribution in [1.29, 1.82) is 0 Å². The van der Waals surface area contributed by atoms with Gasteiger partial charge in [0, 0.05) is 17.8 Å². The van der Waals surface area contributed by atoms with Crippen LogP contribution in [0.2, 0.25) is 0 Å². The summed E-state index contributed by atoms with van der Waals surface area (Å²) in [5.41, 5.74) is 2.56. The van der Waals surface area contributed by atoms with E-state index >= 15 is 0 Å². The molecular weight excluding hydrogens is 316 g/mol. The molecule has 1 aliphatic rings. The number of carbonyl (C=O) groups is 1. The number of hydrogen-bond acceptors (Lipinski definition) is 4. The topological polar surface area (TPSA) is 61.8 Å². The third kappa shape index (κ3) is 4.18. The van der Waals surface area contributed by atoms with Gasteiger partial charge in [-0.1, -0.05) is 30.3 Å². The summed E-state index contributed by atoms with van der Waals surface area (Å²) in [6, 6.07) is 15.4. The first-order chi connectivity index (χ1) is 12.2. The maximum absolute atomic E-state index is 12.7. The first-order valence-corrected chi connectivity index (χ1v) is 8.58. The number of carbonyl (C=O) groups excluding carboxylic acids is 1. The molecule has 1 saturated heterocycles. The number of aliphatic hydroxyl groups excluding tert-OH is 1. The minimum Gasteiger partial charge on any atom is -0.496 e. The summed E-state index contributed by atoms with van der Waals surface area (Å²) < 4.78 is 5.20. The molecule has 1 heterocycles. The highest BCUT2D eigenvalue weighted by molar-refractivity contribution is 5.95. The van der Waals surface area contributed by atoms with E-state index in [0.717, 1.165) is 25.9 Å². The Kier molecular flexibility index (Phi) is 5.68. The first kappa shape index (κ1) is 17.5. The number of aliphatic hydroxyl groups is 1. The summed E-state index contributed by atoms with van der Waals surface area (Å²) in [6.45, 7) is 1.58. The van der Waals surface area contributed by atoms with Gasteiger partial charge in [-0.15, -0.1) is 0 Å². The van der Waals surface area contributed by atoms with Crippen molar-refractivity contribution in [2.75, 3.05) is 19.0 Å². The van der Waals surface area contributed by atoms with Crippen LogP contribution in [0.25, 0.3) is 0 Å². The monoisotopic (exact) mass is 340 g/mol. The average Bonchev–Trinajstić information content (AvgIpc) is 3.10. The van der Waals surface area contributed by atoms with Crippen LogP contribution in [0.3, 0.4) is 0 Å². The summed E-state index contributed by atoms with van der Waals surface area (Å²) in [4.78, 5) is 14.9. The zero-order valence-electron chi connectivity index (χ0n) is 14.4.